The highest BCUT2D eigenvalue weighted by Gasteiger charge is 2.12. The van der Waals surface area contributed by atoms with Crippen molar-refractivity contribution in [2.24, 2.45) is 7.05 Å². The number of aliphatic hydroxyl groups excluding tert-OH is 1. The van der Waals surface area contributed by atoms with Gasteiger partial charge in [0.25, 0.3) is 0 Å². The molecule has 0 spiro atoms. The lowest BCUT2D eigenvalue weighted by molar-refractivity contribution is 0.298. The van der Waals surface area contributed by atoms with Crippen molar-refractivity contribution in [2.45, 2.75) is 13.3 Å². The Hall–Kier alpha value is -1.81. The molecule has 0 radical (unpaired) electrons. The summed E-state index contributed by atoms with van der Waals surface area (Å²) in [6.07, 6.45) is 0.593. The van der Waals surface area contributed by atoms with Crippen LogP contribution in [0.25, 0.3) is 11.4 Å². The molecule has 0 amide bonds. The van der Waals surface area contributed by atoms with Gasteiger partial charge in [0.15, 0.2) is 0 Å². The predicted octanol–water partition coefficient (Wildman–Crippen LogP) is 1.94. The SMILES string of the molecule is COc1ccc(-c2nc(CCO)c(C)n2C)cc1. The lowest BCUT2D eigenvalue weighted by Gasteiger charge is -2.04. The number of aromatic nitrogens is 2. The van der Waals surface area contributed by atoms with Crippen molar-refractivity contribution in [1.29, 1.82) is 0 Å². The van der Waals surface area contributed by atoms with E-state index in [1.807, 2.05) is 42.8 Å². The Kier molecular flexibility index (Phi) is 3.67. The number of aliphatic hydroxyl groups is 1. The summed E-state index contributed by atoms with van der Waals surface area (Å²) in [4.78, 5) is 4.59. The molecule has 1 N–H and O–H groups in total. The van der Waals surface area contributed by atoms with Crippen LogP contribution in [0.3, 0.4) is 0 Å². The number of ether oxygens (including phenoxy) is 1. The second kappa shape index (κ2) is 5.23. The number of imidazole rings is 1. The molecule has 4 nitrogen and oxygen atoms in total. The molecule has 96 valence electrons. The Morgan fingerprint density at radius 1 is 1.28 bits per heavy atom. The Morgan fingerprint density at radius 3 is 2.50 bits per heavy atom. The smallest absolute Gasteiger partial charge is 0.140 e. The molecule has 0 saturated heterocycles. The van der Waals surface area contributed by atoms with Gasteiger partial charge in [0.05, 0.1) is 12.8 Å². The fourth-order valence-corrected chi connectivity index (χ4v) is 1.98. The van der Waals surface area contributed by atoms with Crippen LogP contribution in [0.15, 0.2) is 24.3 Å². The third-order valence-electron chi connectivity index (χ3n) is 3.18. The average molecular weight is 246 g/mol. The van der Waals surface area contributed by atoms with Crippen molar-refractivity contribution in [1.82, 2.24) is 9.55 Å². The minimum absolute atomic E-state index is 0.125. The van der Waals surface area contributed by atoms with Gasteiger partial charge < -0.3 is 14.4 Å². The maximum Gasteiger partial charge on any atom is 0.140 e. The molecule has 1 heterocycles. The summed E-state index contributed by atoms with van der Waals surface area (Å²) in [7, 11) is 3.64. The van der Waals surface area contributed by atoms with E-state index >= 15 is 0 Å². The molecule has 0 unspecified atom stereocenters. The normalized spacial score (nSPS) is 10.7. The topological polar surface area (TPSA) is 47.3 Å². The fourth-order valence-electron chi connectivity index (χ4n) is 1.98. The summed E-state index contributed by atoms with van der Waals surface area (Å²) in [6.45, 7) is 2.14. The maximum absolute atomic E-state index is 9.02. The Morgan fingerprint density at radius 2 is 1.94 bits per heavy atom. The van der Waals surface area contributed by atoms with Gasteiger partial charge in [-0.1, -0.05) is 0 Å². The lowest BCUT2D eigenvalue weighted by atomic mass is 10.2. The summed E-state index contributed by atoms with van der Waals surface area (Å²) in [6, 6.07) is 7.82. The Balaban J connectivity index is 2.40. The van der Waals surface area contributed by atoms with E-state index in [-0.39, 0.29) is 6.61 Å². The Labute approximate surface area is 107 Å². The molecule has 2 aromatic rings. The first kappa shape index (κ1) is 12.6. The molecule has 1 aromatic carbocycles. The standard InChI is InChI=1S/C14H18N2O2/c1-10-13(8-9-17)15-14(16(10)2)11-4-6-12(18-3)7-5-11/h4-7,17H,8-9H2,1-3H3. The second-order valence-corrected chi connectivity index (χ2v) is 4.23. The monoisotopic (exact) mass is 246 g/mol. The van der Waals surface area contributed by atoms with Crippen LogP contribution in [0, 0.1) is 6.92 Å². The highest BCUT2D eigenvalue weighted by atomic mass is 16.5. The minimum atomic E-state index is 0.125. The highest BCUT2D eigenvalue weighted by Crippen LogP contribution is 2.23. The van der Waals surface area contributed by atoms with Crippen LogP contribution in [0.4, 0.5) is 0 Å². The van der Waals surface area contributed by atoms with Crippen LogP contribution in [0.5, 0.6) is 5.75 Å². The zero-order valence-corrected chi connectivity index (χ0v) is 11.0. The summed E-state index contributed by atoms with van der Waals surface area (Å²) >= 11 is 0. The number of hydrogen-bond acceptors (Lipinski definition) is 3. The van der Waals surface area contributed by atoms with Gasteiger partial charge in [0.2, 0.25) is 0 Å². The van der Waals surface area contributed by atoms with E-state index in [0.717, 1.165) is 28.5 Å². The second-order valence-electron chi connectivity index (χ2n) is 4.23. The molecule has 4 heteroatoms. The van der Waals surface area contributed by atoms with Gasteiger partial charge >= 0.3 is 0 Å². The van der Waals surface area contributed by atoms with Gasteiger partial charge in [-0.3, -0.25) is 0 Å². The van der Waals surface area contributed by atoms with Crippen LogP contribution < -0.4 is 4.74 Å². The molecular weight excluding hydrogens is 228 g/mol. The molecule has 0 atom stereocenters. The number of benzene rings is 1. The number of rotatable bonds is 4. The van der Waals surface area contributed by atoms with Crippen LogP contribution in [0.1, 0.15) is 11.4 Å². The van der Waals surface area contributed by atoms with Gasteiger partial charge in [0, 0.05) is 31.3 Å². The molecule has 0 aliphatic heterocycles. The predicted molar refractivity (Wildman–Crippen MR) is 70.7 cm³/mol. The summed E-state index contributed by atoms with van der Waals surface area (Å²) < 4.78 is 7.19. The van der Waals surface area contributed by atoms with Gasteiger partial charge in [-0.05, 0) is 31.2 Å². The van der Waals surface area contributed by atoms with Crippen molar-refractivity contribution in [3.63, 3.8) is 0 Å². The minimum Gasteiger partial charge on any atom is -0.497 e. The third-order valence-corrected chi connectivity index (χ3v) is 3.18. The molecule has 0 aliphatic carbocycles. The van der Waals surface area contributed by atoms with Gasteiger partial charge in [-0.15, -0.1) is 0 Å². The van der Waals surface area contributed by atoms with Crippen molar-refractivity contribution in [3.05, 3.63) is 35.7 Å². The van der Waals surface area contributed by atoms with E-state index in [2.05, 4.69) is 4.98 Å². The van der Waals surface area contributed by atoms with Crippen molar-refractivity contribution >= 4 is 0 Å². The van der Waals surface area contributed by atoms with E-state index in [9.17, 15) is 0 Å². The van der Waals surface area contributed by atoms with Crippen LogP contribution in [-0.4, -0.2) is 28.4 Å². The van der Waals surface area contributed by atoms with Crippen LogP contribution >= 0.6 is 0 Å². The van der Waals surface area contributed by atoms with Crippen molar-refractivity contribution < 1.29 is 9.84 Å². The zero-order chi connectivity index (χ0) is 13.1. The molecule has 2 rings (SSSR count). The van der Waals surface area contributed by atoms with Crippen LogP contribution in [-0.2, 0) is 13.5 Å². The first-order valence-corrected chi connectivity index (χ1v) is 5.95. The van der Waals surface area contributed by atoms with E-state index in [4.69, 9.17) is 9.84 Å². The van der Waals surface area contributed by atoms with Crippen LogP contribution in [0.2, 0.25) is 0 Å². The number of methoxy groups -OCH3 is 1. The van der Waals surface area contributed by atoms with E-state index < -0.39 is 0 Å². The molecule has 0 fully saturated rings. The van der Waals surface area contributed by atoms with Crippen molar-refractivity contribution in [3.8, 4) is 17.1 Å². The third kappa shape index (κ3) is 2.24. The molecule has 18 heavy (non-hydrogen) atoms. The first-order chi connectivity index (χ1) is 8.67. The molecule has 0 aliphatic rings. The summed E-state index contributed by atoms with van der Waals surface area (Å²) in [5.41, 5.74) is 3.09. The lowest BCUT2D eigenvalue weighted by Crippen LogP contribution is -1.96. The zero-order valence-electron chi connectivity index (χ0n) is 11.0. The van der Waals surface area contributed by atoms with Gasteiger partial charge in [0.1, 0.15) is 11.6 Å². The van der Waals surface area contributed by atoms with E-state index in [1.54, 1.807) is 7.11 Å². The molecule has 1 aromatic heterocycles. The fraction of sp³-hybridized carbons (Fsp3) is 0.357. The van der Waals surface area contributed by atoms with E-state index in [0.29, 0.717) is 6.42 Å². The first-order valence-electron chi connectivity index (χ1n) is 5.95. The Bertz CT molecular complexity index is 529. The van der Waals surface area contributed by atoms with E-state index in [1.165, 1.54) is 0 Å². The average Bonchev–Trinajstić information content (AvgIpc) is 2.68. The summed E-state index contributed by atoms with van der Waals surface area (Å²) in [5.74, 6) is 1.75. The molecular formula is C14H18N2O2. The largest absolute Gasteiger partial charge is 0.497 e. The highest BCUT2D eigenvalue weighted by molar-refractivity contribution is 5.58. The van der Waals surface area contributed by atoms with Gasteiger partial charge in [-0.2, -0.15) is 0 Å². The quantitative estimate of drug-likeness (QED) is 0.896. The van der Waals surface area contributed by atoms with Crippen molar-refractivity contribution in [2.75, 3.05) is 13.7 Å². The molecule has 0 saturated carbocycles. The number of nitrogens with zero attached hydrogens (tertiary/aromatic N) is 2. The summed E-state index contributed by atoms with van der Waals surface area (Å²) in [5, 5.41) is 9.02. The number of hydrogen-bond donors (Lipinski definition) is 1. The molecule has 0 bridgehead atoms. The van der Waals surface area contributed by atoms with Gasteiger partial charge in [-0.25, -0.2) is 4.98 Å². The maximum atomic E-state index is 9.02.